The Bertz CT molecular complexity index is 1160. The van der Waals surface area contributed by atoms with Crippen LogP contribution in [-0.2, 0) is 23.5 Å². The number of amides is 2. The maximum atomic E-state index is 13.3. The van der Waals surface area contributed by atoms with Crippen molar-refractivity contribution in [3.05, 3.63) is 65.0 Å². The lowest BCUT2D eigenvalue weighted by molar-refractivity contribution is -0.156. The topological polar surface area (TPSA) is 79.5 Å². The van der Waals surface area contributed by atoms with Gasteiger partial charge in [-0.2, -0.15) is 13.2 Å². The quantitative estimate of drug-likeness (QED) is 0.525. The van der Waals surface area contributed by atoms with Gasteiger partial charge in [-0.15, -0.1) is 10.2 Å². The number of alkyl halides is 3. The fourth-order valence-electron chi connectivity index (χ4n) is 3.31. The number of anilines is 1. The number of hydrogen-bond acceptors (Lipinski definition) is 5. The summed E-state index contributed by atoms with van der Waals surface area (Å²) < 4.78 is 54.6. The van der Waals surface area contributed by atoms with Crippen LogP contribution >= 0.6 is 11.6 Å². The molecule has 0 bridgehead atoms. The molecule has 0 saturated carbocycles. The number of aromatic nitrogens is 2. The molecule has 2 heterocycles. The van der Waals surface area contributed by atoms with Crippen LogP contribution in [0.3, 0.4) is 0 Å². The zero-order valence-electron chi connectivity index (χ0n) is 17.1. The molecule has 3 aromatic rings. The van der Waals surface area contributed by atoms with Gasteiger partial charge in [-0.05, 0) is 29.8 Å². The molecular formula is C21H18ClF3N4O3S. The van der Waals surface area contributed by atoms with Gasteiger partial charge in [0.05, 0.1) is 6.54 Å². The number of rotatable bonds is 4. The highest BCUT2D eigenvalue weighted by atomic mass is 35.5. The first-order valence-corrected chi connectivity index (χ1v) is 11.7. The Kier molecular flexibility index (Phi) is 6.71. The highest BCUT2D eigenvalue weighted by Crippen LogP contribution is 2.32. The number of carbonyl (C=O) groups excluding carboxylic acids is 1. The smallest absolute Gasteiger partial charge is 0.413 e. The molecular weight excluding hydrogens is 481 g/mol. The number of para-hydroxylation sites is 1. The van der Waals surface area contributed by atoms with Crippen LogP contribution < -0.4 is 4.90 Å². The highest BCUT2D eigenvalue weighted by molar-refractivity contribution is 7.85. The maximum Gasteiger partial charge on any atom is 0.470 e. The van der Waals surface area contributed by atoms with Crippen LogP contribution in [-0.4, -0.2) is 49.9 Å². The molecule has 2 aromatic carbocycles. The standard InChI is InChI=1S/C21H18ClF3N4O3S/c22-17-12-14(18-26-27-19(32-18)21(23,24)25)6-7-15(17)13-29(16-4-2-1-3-5-16)20(30)28-8-10-33(31)11-9-28/h1-7,12H,8-11,13H2. The lowest BCUT2D eigenvalue weighted by Crippen LogP contribution is -2.48. The number of benzene rings is 2. The van der Waals surface area contributed by atoms with Crippen molar-refractivity contribution in [2.45, 2.75) is 12.7 Å². The van der Waals surface area contributed by atoms with Gasteiger partial charge in [0.15, 0.2) is 0 Å². The first kappa shape index (κ1) is 23.2. The van der Waals surface area contributed by atoms with Crippen LogP contribution in [0.4, 0.5) is 23.7 Å². The summed E-state index contributed by atoms with van der Waals surface area (Å²) in [7, 11) is -0.925. The summed E-state index contributed by atoms with van der Waals surface area (Å²) in [5.74, 6) is -0.906. The Morgan fingerprint density at radius 2 is 1.82 bits per heavy atom. The van der Waals surface area contributed by atoms with Gasteiger partial charge in [-0.25, -0.2) is 4.79 Å². The molecule has 0 atom stereocenters. The SMILES string of the molecule is O=C(N1CCS(=O)CC1)N(Cc1ccc(-c2nnc(C(F)(F)F)o2)cc1Cl)c1ccccc1. The van der Waals surface area contributed by atoms with Gasteiger partial charge in [-0.3, -0.25) is 9.11 Å². The van der Waals surface area contributed by atoms with E-state index in [1.54, 1.807) is 40.1 Å². The van der Waals surface area contributed by atoms with Gasteiger partial charge in [0.2, 0.25) is 5.89 Å². The second-order valence-corrected chi connectivity index (χ2v) is 9.36. The molecule has 0 N–H and O–H groups in total. The zero-order valence-corrected chi connectivity index (χ0v) is 18.7. The van der Waals surface area contributed by atoms with E-state index >= 15 is 0 Å². The van der Waals surface area contributed by atoms with E-state index in [9.17, 15) is 22.2 Å². The van der Waals surface area contributed by atoms with Crippen molar-refractivity contribution < 1.29 is 26.6 Å². The number of carbonyl (C=O) groups is 1. The summed E-state index contributed by atoms with van der Waals surface area (Å²) in [6, 6.07) is 13.3. The lowest BCUT2D eigenvalue weighted by Gasteiger charge is -2.33. The minimum absolute atomic E-state index is 0.124. The second-order valence-electron chi connectivity index (χ2n) is 7.26. The van der Waals surface area contributed by atoms with Crippen LogP contribution in [0.2, 0.25) is 5.02 Å². The number of hydrogen-bond donors (Lipinski definition) is 0. The monoisotopic (exact) mass is 498 g/mol. The van der Waals surface area contributed by atoms with E-state index in [0.29, 0.717) is 35.8 Å². The van der Waals surface area contributed by atoms with E-state index in [1.165, 1.54) is 12.1 Å². The van der Waals surface area contributed by atoms with E-state index in [0.717, 1.165) is 0 Å². The molecule has 1 saturated heterocycles. The molecule has 33 heavy (non-hydrogen) atoms. The Hall–Kier alpha value is -2.92. The largest absolute Gasteiger partial charge is 0.470 e. The third kappa shape index (κ3) is 5.36. The van der Waals surface area contributed by atoms with E-state index in [-0.39, 0.29) is 29.1 Å². The van der Waals surface area contributed by atoms with Crippen molar-refractivity contribution >= 4 is 34.1 Å². The average molecular weight is 499 g/mol. The second kappa shape index (κ2) is 9.52. The van der Waals surface area contributed by atoms with Gasteiger partial charge in [0.1, 0.15) is 0 Å². The summed E-state index contributed by atoms with van der Waals surface area (Å²) in [5, 5.41) is 6.69. The summed E-state index contributed by atoms with van der Waals surface area (Å²) in [5.41, 5.74) is 1.46. The predicted octanol–water partition coefficient (Wildman–Crippen LogP) is 4.60. The molecule has 1 fully saturated rings. The summed E-state index contributed by atoms with van der Waals surface area (Å²) >= 11 is 6.41. The molecule has 2 amide bonds. The number of halogens is 4. The van der Waals surface area contributed by atoms with Crippen molar-refractivity contribution in [3.8, 4) is 11.5 Å². The molecule has 0 unspecified atom stereocenters. The number of urea groups is 1. The summed E-state index contributed by atoms with van der Waals surface area (Å²) in [6.07, 6.45) is -4.74. The van der Waals surface area contributed by atoms with Crippen molar-refractivity contribution in [2.75, 3.05) is 29.5 Å². The first-order chi connectivity index (χ1) is 15.7. The summed E-state index contributed by atoms with van der Waals surface area (Å²) in [6.45, 7) is 0.902. The number of nitrogens with zero attached hydrogens (tertiary/aromatic N) is 4. The van der Waals surface area contributed by atoms with E-state index in [1.807, 2.05) is 6.07 Å². The van der Waals surface area contributed by atoms with Crippen molar-refractivity contribution in [1.82, 2.24) is 15.1 Å². The van der Waals surface area contributed by atoms with Gasteiger partial charge in [0, 0.05) is 51.7 Å². The molecule has 1 aliphatic rings. The molecule has 174 valence electrons. The molecule has 4 rings (SSSR count). The van der Waals surface area contributed by atoms with Crippen LogP contribution in [0.25, 0.3) is 11.5 Å². The molecule has 0 aliphatic carbocycles. The van der Waals surface area contributed by atoms with Gasteiger partial charge in [0.25, 0.3) is 0 Å². The molecule has 7 nitrogen and oxygen atoms in total. The van der Waals surface area contributed by atoms with Crippen LogP contribution in [0.5, 0.6) is 0 Å². The predicted molar refractivity (Wildman–Crippen MR) is 117 cm³/mol. The van der Waals surface area contributed by atoms with Crippen molar-refractivity contribution in [3.63, 3.8) is 0 Å². The molecule has 0 radical (unpaired) electrons. The van der Waals surface area contributed by atoms with E-state index < -0.39 is 22.9 Å². The van der Waals surface area contributed by atoms with Crippen molar-refractivity contribution in [2.24, 2.45) is 0 Å². The Morgan fingerprint density at radius 1 is 1.12 bits per heavy atom. The lowest BCUT2D eigenvalue weighted by atomic mass is 10.1. The fraction of sp³-hybridized carbons (Fsp3) is 0.286. The van der Waals surface area contributed by atoms with Gasteiger partial charge in [-0.1, -0.05) is 35.9 Å². The maximum absolute atomic E-state index is 13.3. The normalized spacial score (nSPS) is 15.0. The van der Waals surface area contributed by atoms with Crippen molar-refractivity contribution in [1.29, 1.82) is 0 Å². The first-order valence-electron chi connectivity index (χ1n) is 9.88. The highest BCUT2D eigenvalue weighted by Gasteiger charge is 2.38. The molecule has 0 spiro atoms. The Balaban J connectivity index is 1.59. The summed E-state index contributed by atoms with van der Waals surface area (Å²) in [4.78, 5) is 16.5. The Morgan fingerprint density at radius 3 is 2.42 bits per heavy atom. The van der Waals surface area contributed by atoms with E-state index in [4.69, 9.17) is 16.0 Å². The van der Waals surface area contributed by atoms with Crippen LogP contribution in [0.15, 0.2) is 52.9 Å². The molecule has 12 heteroatoms. The fourth-order valence-corrected chi connectivity index (χ4v) is 4.60. The van der Waals surface area contributed by atoms with Gasteiger partial charge >= 0.3 is 18.1 Å². The zero-order chi connectivity index (χ0) is 23.6. The minimum atomic E-state index is -4.74. The van der Waals surface area contributed by atoms with E-state index in [2.05, 4.69) is 10.2 Å². The minimum Gasteiger partial charge on any atom is -0.413 e. The van der Waals surface area contributed by atoms with Crippen LogP contribution in [0, 0.1) is 0 Å². The molecule has 1 aromatic heterocycles. The Labute approximate surface area is 194 Å². The van der Waals surface area contributed by atoms with Crippen LogP contribution in [0.1, 0.15) is 11.5 Å². The third-order valence-corrected chi connectivity index (χ3v) is 6.67. The third-order valence-electron chi connectivity index (χ3n) is 5.04. The molecule has 1 aliphatic heterocycles. The average Bonchev–Trinajstić information content (AvgIpc) is 3.30. The van der Waals surface area contributed by atoms with Gasteiger partial charge < -0.3 is 9.32 Å².